The number of aliphatic hydroxyl groups excluding tert-OH is 1. The van der Waals surface area contributed by atoms with Crippen LogP contribution >= 0.6 is 0 Å². The van der Waals surface area contributed by atoms with Crippen molar-refractivity contribution in [3.05, 3.63) is 17.5 Å². The number of likely N-dealkylation sites (tertiary alicyclic amines) is 1. The van der Waals surface area contributed by atoms with E-state index in [1.54, 1.807) is 6.07 Å². The molecule has 106 valence electrons. The van der Waals surface area contributed by atoms with Crippen molar-refractivity contribution in [2.75, 3.05) is 13.2 Å². The monoisotopic (exact) mass is 268 g/mol. The fourth-order valence-electron chi connectivity index (χ4n) is 2.53. The van der Waals surface area contributed by atoms with Gasteiger partial charge in [0.25, 0.3) is 5.91 Å². The van der Waals surface area contributed by atoms with Gasteiger partial charge in [0.2, 0.25) is 0 Å². The predicted molar refractivity (Wildman–Crippen MR) is 67.9 cm³/mol. The van der Waals surface area contributed by atoms with Crippen LogP contribution in [0.15, 0.2) is 10.6 Å². The third-order valence-corrected chi connectivity index (χ3v) is 3.48. The molecule has 1 aliphatic heterocycles. The molecule has 0 bridgehead atoms. The van der Waals surface area contributed by atoms with E-state index in [0.29, 0.717) is 18.3 Å². The lowest BCUT2D eigenvalue weighted by Crippen LogP contribution is -2.30. The van der Waals surface area contributed by atoms with E-state index in [1.807, 2.05) is 5.43 Å². The largest absolute Gasteiger partial charge is 0.396 e. The van der Waals surface area contributed by atoms with E-state index >= 15 is 0 Å². The maximum Gasteiger partial charge on any atom is 0.287 e. The Hall–Kier alpha value is -1.44. The molecule has 2 rings (SSSR count). The summed E-state index contributed by atoms with van der Waals surface area (Å²) in [7, 11) is 0. The molecule has 0 aromatic carbocycles. The molecule has 1 aliphatic rings. The molecule has 0 radical (unpaired) electrons. The lowest BCUT2D eigenvalue weighted by atomic mass is 10.1. The van der Waals surface area contributed by atoms with Gasteiger partial charge >= 0.3 is 0 Å². The van der Waals surface area contributed by atoms with Gasteiger partial charge in [0.15, 0.2) is 11.5 Å². The van der Waals surface area contributed by atoms with Gasteiger partial charge in [-0.1, -0.05) is 5.16 Å². The van der Waals surface area contributed by atoms with Crippen molar-refractivity contribution < 1.29 is 14.4 Å². The van der Waals surface area contributed by atoms with Gasteiger partial charge in [0.1, 0.15) is 0 Å². The van der Waals surface area contributed by atoms with Gasteiger partial charge in [-0.2, -0.15) is 0 Å². The van der Waals surface area contributed by atoms with Crippen LogP contribution in [0.5, 0.6) is 0 Å². The molecule has 1 aromatic rings. The van der Waals surface area contributed by atoms with Gasteiger partial charge in [-0.25, -0.2) is 5.84 Å². The molecular weight excluding hydrogens is 248 g/mol. The second kappa shape index (κ2) is 6.65. The number of carbonyl (C=O) groups excluding carboxylic acids is 1. The van der Waals surface area contributed by atoms with Crippen LogP contribution in [0.3, 0.4) is 0 Å². The van der Waals surface area contributed by atoms with Crippen molar-refractivity contribution in [3.8, 4) is 0 Å². The minimum atomic E-state index is -0.451. The summed E-state index contributed by atoms with van der Waals surface area (Å²) in [6.45, 7) is 1.88. The minimum absolute atomic E-state index is 0.198. The first kappa shape index (κ1) is 14.0. The Morgan fingerprint density at radius 2 is 2.53 bits per heavy atom. The SMILES string of the molecule is NNC(=O)c1cc(CN2CCCC2CCCO)on1. The summed E-state index contributed by atoms with van der Waals surface area (Å²) in [6, 6.07) is 2.09. The standard InChI is InChI=1S/C12H20N4O3/c13-14-12(18)11-7-10(19-15-11)8-16-5-1-3-9(16)4-2-6-17/h7,9,17H,1-6,8,13H2,(H,14,18). The summed E-state index contributed by atoms with van der Waals surface area (Å²) in [5, 5.41) is 12.6. The second-order valence-corrected chi connectivity index (χ2v) is 4.78. The summed E-state index contributed by atoms with van der Waals surface area (Å²) < 4.78 is 5.14. The number of nitrogens with zero attached hydrogens (tertiary/aromatic N) is 2. The Labute approximate surface area is 111 Å². The molecule has 4 N–H and O–H groups in total. The molecule has 0 saturated carbocycles. The molecule has 1 saturated heterocycles. The Morgan fingerprint density at radius 3 is 3.26 bits per heavy atom. The van der Waals surface area contributed by atoms with Crippen LogP contribution in [0.1, 0.15) is 41.9 Å². The highest BCUT2D eigenvalue weighted by Crippen LogP contribution is 2.23. The van der Waals surface area contributed by atoms with Crippen molar-refractivity contribution >= 4 is 5.91 Å². The number of hydrogen-bond donors (Lipinski definition) is 3. The van der Waals surface area contributed by atoms with E-state index in [1.165, 1.54) is 0 Å². The lowest BCUT2D eigenvalue weighted by molar-refractivity contribution is 0.0944. The van der Waals surface area contributed by atoms with Gasteiger partial charge < -0.3 is 9.63 Å². The molecule has 19 heavy (non-hydrogen) atoms. The molecule has 1 atom stereocenters. The highest BCUT2D eigenvalue weighted by atomic mass is 16.5. The van der Waals surface area contributed by atoms with E-state index < -0.39 is 5.91 Å². The van der Waals surface area contributed by atoms with Crippen LogP contribution in [0.25, 0.3) is 0 Å². The van der Waals surface area contributed by atoms with Crippen LogP contribution < -0.4 is 11.3 Å². The first-order valence-electron chi connectivity index (χ1n) is 6.56. The number of nitrogens with two attached hydrogens (primary N) is 1. The normalized spacial score (nSPS) is 19.8. The second-order valence-electron chi connectivity index (χ2n) is 4.78. The van der Waals surface area contributed by atoms with Crippen LogP contribution in [0.4, 0.5) is 0 Å². The van der Waals surface area contributed by atoms with Crippen LogP contribution in [0.2, 0.25) is 0 Å². The number of hydrogen-bond acceptors (Lipinski definition) is 6. The van der Waals surface area contributed by atoms with Crippen molar-refractivity contribution in [2.45, 2.75) is 38.3 Å². The number of aromatic nitrogens is 1. The summed E-state index contributed by atoms with van der Waals surface area (Å²) in [6.07, 6.45) is 4.10. The molecule has 7 nitrogen and oxygen atoms in total. The number of rotatable bonds is 6. The highest BCUT2D eigenvalue weighted by Gasteiger charge is 2.25. The third-order valence-electron chi connectivity index (χ3n) is 3.48. The molecule has 2 heterocycles. The lowest BCUT2D eigenvalue weighted by Gasteiger charge is -2.22. The number of hydrazine groups is 1. The summed E-state index contributed by atoms with van der Waals surface area (Å²) in [5.74, 6) is 5.25. The van der Waals surface area contributed by atoms with Gasteiger partial charge in [0, 0.05) is 18.7 Å². The van der Waals surface area contributed by atoms with Gasteiger partial charge in [-0.3, -0.25) is 15.1 Å². The van der Waals surface area contributed by atoms with Crippen LogP contribution in [-0.4, -0.2) is 40.3 Å². The summed E-state index contributed by atoms with van der Waals surface area (Å²) in [4.78, 5) is 13.6. The molecular formula is C12H20N4O3. The number of amides is 1. The first-order valence-corrected chi connectivity index (χ1v) is 6.56. The Balaban J connectivity index is 1.92. The van der Waals surface area contributed by atoms with E-state index in [0.717, 1.165) is 32.2 Å². The Bertz CT molecular complexity index is 421. The van der Waals surface area contributed by atoms with Crippen molar-refractivity contribution in [1.29, 1.82) is 0 Å². The fraction of sp³-hybridized carbons (Fsp3) is 0.667. The van der Waals surface area contributed by atoms with Crippen LogP contribution in [0, 0.1) is 0 Å². The quantitative estimate of drug-likeness (QED) is 0.381. The van der Waals surface area contributed by atoms with Gasteiger partial charge in [-0.15, -0.1) is 0 Å². The average Bonchev–Trinajstić information content (AvgIpc) is 3.05. The van der Waals surface area contributed by atoms with E-state index in [4.69, 9.17) is 15.5 Å². The fourth-order valence-corrected chi connectivity index (χ4v) is 2.53. The minimum Gasteiger partial charge on any atom is -0.396 e. The number of nitrogens with one attached hydrogen (secondary N) is 1. The smallest absolute Gasteiger partial charge is 0.287 e. The van der Waals surface area contributed by atoms with Crippen LogP contribution in [-0.2, 0) is 6.54 Å². The maximum absolute atomic E-state index is 11.3. The van der Waals surface area contributed by atoms with Crippen molar-refractivity contribution in [3.63, 3.8) is 0 Å². The number of carbonyl (C=O) groups is 1. The molecule has 1 aromatic heterocycles. The molecule has 0 aliphatic carbocycles. The zero-order valence-electron chi connectivity index (χ0n) is 10.8. The highest BCUT2D eigenvalue weighted by molar-refractivity contribution is 5.91. The predicted octanol–water partition coefficient (Wildman–Crippen LogP) is 0.0150. The molecule has 1 fully saturated rings. The summed E-state index contributed by atoms with van der Waals surface area (Å²) >= 11 is 0. The first-order chi connectivity index (χ1) is 9.24. The zero-order valence-corrected chi connectivity index (χ0v) is 10.8. The third kappa shape index (κ3) is 3.52. The van der Waals surface area contributed by atoms with E-state index in [9.17, 15) is 4.79 Å². The Kier molecular flexibility index (Phi) is 4.89. The molecule has 1 amide bonds. The van der Waals surface area contributed by atoms with Gasteiger partial charge in [-0.05, 0) is 32.2 Å². The topological polar surface area (TPSA) is 105 Å². The van der Waals surface area contributed by atoms with Crippen molar-refractivity contribution in [2.24, 2.45) is 5.84 Å². The zero-order chi connectivity index (χ0) is 13.7. The number of nitrogen functional groups attached to an aromatic ring is 1. The van der Waals surface area contributed by atoms with E-state index in [-0.39, 0.29) is 12.3 Å². The summed E-state index contributed by atoms with van der Waals surface area (Å²) in [5.41, 5.74) is 2.22. The van der Waals surface area contributed by atoms with Crippen molar-refractivity contribution in [1.82, 2.24) is 15.5 Å². The number of aliphatic hydroxyl groups is 1. The van der Waals surface area contributed by atoms with E-state index in [2.05, 4.69) is 10.1 Å². The molecule has 1 unspecified atom stereocenters. The maximum atomic E-state index is 11.3. The Morgan fingerprint density at radius 1 is 1.68 bits per heavy atom. The molecule has 0 spiro atoms. The van der Waals surface area contributed by atoms with Gasteiger partial charge in [0.05, 0.1) is 6.54 Å². The average molecular weight is 268 g/mol. The molecule has 7 heteroatoms.